The number of ketones is 1. The van der Waals surface area contributed by atoms with E-state index in [9.17, 15) is 33.9 Å². The summed E-state index contributed by atoms with van der Waals surface area (Å²) in [7, 11) is 1.62. The number of hydrogen-bond donors (Lipinski definition) is 4. The van der Waals surface area contributed by atoms with Gasteiger partial charge in [0.1, 0.15) is 11.8 Å². The van der Waals surface area contributed by atoms with Gasteiger partial charge in [-0.25, -0.2) is 14.4 Å². The van der Waals surface area contributed by atoms with Gasteiger partial charge < -0.3 is 35.3 Å². The Morgan fingerprint density at radius 3 is 2.21 bits per heavy atom. The molecule has 1 rings (SSSR count). The van der Waals surface area contributed by atoms with E-state index in [1.54, 1.807) is 7.05 Å². The van der Waals surface area contributed by atoms with E-state index >= 15 is 0 Å². The number of halogens is 1. The van der Waals surface area contributed by atoms with Crippen molar-refractivity contribution in [3.63, 3.8) is 0 Å². The highest BCUT2D eigenvalue weighted by Gasteiger charge is 2.26. The van der Waals surface area contributed by atoms with E-state index in [4.69, 9.17) is 9.84 Å². The monoisotopic (exact) mass is 597 g/mol. The first kappa shape index (κ1) is 32.5. The maximum atomic E-state index is 12.3. The Kier molecular flexibility index (Phi) is 14.7. The summed E-state index contributed by atoms with van der Waals surface area (Å²) in [5.41, 5.74) is 0.866. The lowest BCUT2D eigenvalue weighted by Gasteiger charge is -2.18. The number of aliphatic carboxylic acids is 2. The first-order chi connectivity index (χ1) is 17.9. The molecule has 1 aromatic carbocycles. The van der Waals surface area contributed by atoms with E-state index in [1.165, 1.54) is 11.8 Å². The summed E-state index contributed by atoms with van der Waals surface area (Å²) in [6.45, 7) is 1.79. The van der Waals surface area contributed by atoms with Crippen LogP contribution in [-0.2, 0) is 35.1 Å². The number of amides is 3. The van der Waals surface area contributed by atoms with Crippen molar-refractivity contribution in [2.24, 2.45) is 0 Å². The van der Waals surface area contributed by atoms with E-state index in [-0.39, 0.29) is 62.8 Å². The molecule has 0 radical (unpaired) electrons. The van der Waals surface area contributed by atoms with Crippen molar-refractivity contribution in [3.8, 4) is 0 Å². The van der Waals surface area contributed by atoms with Crippen LogP contribution in [0.1, 0.15) is 51.0 Å². The molecule has 0 bridgehead atoms. The normalized spacial score (nSPS) is 12.1. The summed E-state index contributed by atoms with van der Waals surface area (Å²) in [6.07, 6.45) is -1.91. The van der Waals surface area contributed by atoms with Gasteiger partial charge in [0.25, 0.3) is 0 Å². The number of likely N-dealkylation sites (N-methyl/N-ethyl adjacent to an activating group) is 1. The molecule has 0 aliphatic rings. The molecular weight excluding hydrogens is 563 g/mol. The third kappa shape index (κ3) is 13.7. The highest BCUT2D eigenvalue weighted by atomic mass is 76.9. The van der Waals surface area contributed by atoms with Crippen molar-refractivity contribution >= 4 is 51.6 Å². The zero-order valence-corrected chi connectivity index (χ0v) is 23.0. The number of hydrogen-bond acceptors (Lipinski definition) is 7. The summed E-state index contributed by atoms with van der Waals surface area (Å²) in [6, 6.07) is 6.01. The fraction of sp³-hybridized carbons (Fsp3) is 0.520. The number of rotatable bonds is 17. The zero-order chi connectivity index (χ0) is 28.7. The lowest BCUT2D eigenvalue weighted by atomic mass is 10.1. The van der Waals surface area contributed by atoms with Crippen molar-refractivity contribution in [2.75, 3.05) is 20.1 Å². The van der Waals surface area contributed by atoms with Crippen LogP contribution in [-0.4, -0.2) is 83.0 Å². The van der Waals surface area contributed by atoms with Crippen LogP contribution in [0.4, 0.5) is 4.79 Å². The van der Waals surface area contributed by atoms with Gasteiger partial charge in [-0.3, -0.25) is 9.59 Å². The summed E-state index contributed by atoms with van der Waals surface area (Å²) in [5.74, 6) is -3.39. The van der Waals surface area contributed by atoms with E-state index in [0.717, 1.165) is 10.0 Å². The molecule has 3 amide bonds. The highest BCUT2D eigenvalue weighted by molar-refractivity contribution is 9.10. The van der Waals surface area contributed by atoms with Gasteiger partial charge in [0.05, 0.1) is 6.42 Å². The van der Waals surface area contributed by atoms with Gasteiger partial charge in [-0.15, -0.1) is 0 Å². The third-order valence-corrected chi connectivity index (χ3v) is 6.01. The number of ether oxygens (including phenoxy) is 1. The lowest BCUT2D eigenvalue weighted by molar-refractivity contribution is -0.147. The number of carbonyl (C=O) groups excluding carboxylic acids is 4. The van der Waals surface area contributed by atoms with Gasteiger partial charge >= 0.3 is 18.0 Å². The van der Waals surface area contributed by atoms with Crippen LogP contribution in [0.2, 0.25) is 0 Å². The first-order valence-electron chi connectivity index (χ1n) is 12.1. The molecule has 12 nitrogen and oxygen atoms in total. The molecule has 0 aliphatic carbocycles. The first-order valence-corrected chi connectivity index (χ1v) is 12.9. The number of nitrogens with one attached hydrogen (secondary N) is 2. The standard InChI is InChI=1S/C25H34BrN3O9/c1-16(30)6-11-19(23(33)34)28-25(37)38-20(24(35)36)5-3-4-13-27-21(31)12-14-29(2)22(32)15-17-7-9-18(26)10-8-17/h7-10,19-20H,3-6,11-15H2,1-2H3,(H,27,31)(H,28,37)(H,33,34)(H,35,36)/t19-,20-/m0/s1/i26-3. The van der Waals surface area contributed by atoms with Gasteiger partial charge in [-0.1, -0.05) is 28.1 Å². The van der Waals surface area contributed by atoms with E-state index in [2.05, 4.69) is 26.6 Å². The Hall–Kier alpha value is -3.48. The summed E-state index contributed by atoms with van der Waals surface area (Å²) < 4.78 is 5.76. The van der Waals surface area contributed by atoms with Crippen molar-refractivity contribution in [3.05, 3.63) is 34.3 Å². The molecule has 0 aliphatic heterocycles. The summed E-state index contributed by atoms with van der Waals surface area (Å²) >= 11 is 3.34. The molecule has 4 N–H and O–H groups in total. The molecule has 0 aromatic heterocycles. The maximum absolute atomic E-state index is 12.3. The van der Waals surface area contributed by atoms with Crippen molar-refractivity contribution in [2.45, 2.75) is 64.0 Å². The predicted molar refractivity (Wildman–Crippen MR) is 139 cm³/mol. The van der Waals surface area contributed by atoms with Crippen molar-refractivity contribution in [1.82, 2.24) is 15.5 Å². The van der Waals surface area contributed by atoms with Crippen molar-refractivity contribution in [1.29, 1.82) is 0 Å². The maximum Gasteiger partial charge on any atom is 0.408 e. The molecule has 2 atom stereocenters. The third-order valence-electron chi connectivity index (χ3n) is 5.48. The molecule has 0 heterocycles. The van der Waals surface area contributed by atoms with Crippen LogP contribution >= 0.6 is 15.9 Å². The van der Waals surface area contributed by atoms with E-state index < -0.39 is 30.2 Å². The average Bonchev–Trinajstić information content (AvgIpc) is 2.84. The Balaban J connectivity index is 2.31. The minimum Gasteiger partial charge on any atom is -0.480 e. The van der Waals surface area contributed by atoms with E-state index in [1.807, 2.05) is 24.3 Å². The van der Waals surface area contributed by atoms with Crippen LogP contribution in [0.25, 0.3) is 0 Å². The van der Waals surface area contributed by atoms with Gasteiger partial charge in [0.15, 0.2) is 0 Å². The number of nitrogens with zero attached hydrogens (tertiary/aromatic N) is 1. The molecular formula is C25H34BrN3O9. The second-order valence-corrected chi connectivity index (χ2v) is 9.64. The molecule has 0 fully saturated rings. The summed E-state index contributed by atoms with van der Waals surface area (Å²) in [4.78, 5) is 71.5. The summed E-state index contributed by atoms with van der Waals surface area (Å²) in [5, 5.41) is 23.2. The molecule has 38 heavy (non-hydrogen) atoms. The minimum absolute atomic E-state index is 0.0445. The quantitative estimate of drug-likeness (QED) is 0.196. The molecule has 0 saturated carbocycles. The Morgan fingerprint density at radius 2 is 1.63 bits per heavy atom. The highest BCUT2D eigenvalue weighted by Crippen LogP contribution is 2.12. The van der Waals surface area contributed by atoms with Crippen LogP contribution < -0.4 is 10.6 Å². The second-order valence-electron chi connectivity index (χ2n) is 8.72. The van der Waals surface area contributed by atoms with Crippen molar-refractivity contribution < 1.29 is 43.7 Å². The minimum atomic E-state index is -1.50. The van der Waals surface area contributed by atoms with Gasteiger partial charge in [-0.2, -0.15) is 0 Å². The average molecular weight is 597 g/mol. The smallest absolute Gasteiger partial charge is 0.408 e. The molecule has 0 unspecified atom stereocenters. The Morgan fingerprint density at radius 1 is 0.974 bits per heavy atom. The SMILES string of the molecule is CC(=O)CC[C@H](NC(=O)O[C@@H](CCCCNC(=O)CCN(C)C(=O)Cc1ccc([77Br])cc1)C(=O)O)C(=O)O. The molecule has 1 aromatic rings. The van der Waals surface area contributed by atoms with Crippen LogP contribution in [0, 0.1) is 0 Å². The van der Waals surface area contributed by atoms with Gasteiger partial charge in [0, 0.05) is 37.5 Å². The van der Waals surface area contributed by atoms with Crippen LogP contribution in [0.5, 0.6) is 0 Å². The van der Waals surface area contributed by atoms with Gasteiger partial charge in [-0.05, 0) is 50.3 Å². The number of benzene rings is 1. The fourth-order valence-electron chi connectivity index (χ4n) is 3.22. The Bertz CT molecular complexity index is 985. The number of carbonyl (C=O) groups is 6. The number of carboxylic acid groups (broad SMARTS) is 2. The largest absolute Gasteiger partial charge is 0.480 e. The molecule has 0 saturated heterocycles. The van der Waals surface area contributed by atoms with Crippen LogP contribution in [0.3, 0.4) is 0 Å². The number of carboxylic acids is 2. The molecule has 13 heteroatoms. The predicted octanol–water partition coefficient (Wildman–Crippen LogP) is 2.13. The van der Waals surface area contributed by atoms with Gasteiger partial charge in [0.2, 0.25) is 17.9 Å². The lowest BCUT2D eigenvalue weighted by Crippen LogP contribution is -2.43. The number of unbranched alkanes of at least 4 members (excludes halogenated alkanes) is 1. The Labute approximate surface area is 229 Å². The number of Topliss-reactive ketones (excluding diaryl/α,β-unsaturated/α-hetero) is 1. The fourth-order valence-corrected chi connectivity index (χ4v) is 3.48. The van der Waals surface area contributed by atoms with E-state index in [0.29, 0.717) is 12.8 Å². The second kappa shape index (κ2) is 17.1. The zero-order valence-electron chi connectivity index (χ0n) is 21.4. The molecule has 210 valence electrons. The number of alkyl carbamates (subject to hydrolysis) is 1. The topological polar surface area (TPSA) is 179 Å². The van der Waals surface area contributed by atoms with Crippen LogP contribution in [0.15, 0.2) is 28.7 Å². The molecule has 0 spiro atoms.